The number of thiophene rings is 1. The average Bonchev–Trinajstić information content (AvgIpc) is 3.03. The summed E-state index contributed by atoms with van der Waals surface area (Å²) in [6.45, 7) is 4.14. The number of esters is 1. The first-order chi connectivity index (χ1) is 12.1. The molecule has 1 heterocycles. The molecule has 2 rings (SSSR count). The van der Waals surface area contributed by atoms with E-state index in [1.807, 2.05) is 31.2 Å². The Kier molecular flexibility index (Phi) is 6.82. The predicted octanol–water partition coefficient (Wildman–Crippen LogP) is 3.55. The van der Waals surface area contributed by atoms with E-state index in [9.17, 15) is 9.59 Å². The van der Waals surface area contributed by atoms with Gasteiger partial charge >= 0.3 is 5.97 Å². The van der Waals surface area contributed by atoms with Gasteiger partial charge in [-0.1, -0.05) is 6.92 Å². The van der Waals surface area contributed by atoms with Crippen LogP contribution in [0.2, 0.25) is 0 Å². The maximum absolute atomic E-state index is 12.2. The Hall–Kier alpha value is -2.54. The number of aryl methyl sites for hydroxylation is 1. The molecule has 0 saturated heterocycles. The van der Waals surface area contributed by atoms with Gasteiger partial charge in [-0.2, -0.15) is 0 Å². The lowest BCUT2D eigenvalue weighted by atomic mass is 10.2. The normalized spacial score (nSPS) is 10.2. The van der Waals surface area contributed by atoms with Crippen LogP contribution in [0.1, 0.15) is 29.1 Å². The molecule has 0 aliphatic rings. The molecule has 1 aromatic carbocycles. The molecule has 2 aromatic rings. The van der Waals surface area contributed by atoms with Crippen LogP contribution in [-0.4, -0.2) is 32.1 Å². The number of benzene rings is 1. The molecule has 7 heteroatoms. The van der Waals surface area contributed by atoms with Crippen LogP contribution in [0.4, 0.5) is 10.7 Å². The summed E-state index contributed by atoms with van der Waals surface area (Å²) in [5.41, 5.74) is 1.21. The van der Waals surface area contributed by atoms with Crippen molar-refractivity contribution >= 4 is 33.9 Å². The van der Waals surface area contributed by atoms with Crippen molar-refractivity contribution in [1.29, 1.82) is 0 Å². The van der Waals surface area contributed by atoms with Crippen molar-refractivity contribution in [1.82, 2.24) is 0 Å². The van der Waals surface area contributed by atoms with Gasteiger partial charge in [0.1, 0.15) is 10.8 Å². The van der Waals surface area contributed by atoms with Crippen LogP contribution >= 0.6 is 11.3 Å². The maximum Gasteiger partial charge on any atom is 0.341 e. The van der Waals surface area contributed by atoms with Gasteiger partial charge in [-0.3, -0.25) is 4.79 Å². The molecule has 0 fully saturated rings. The molecule has 25 heavy (non-hydrogen) atoms. The van der Waals surface area contributed by atoms with Gasteiger partial charge in [0.2, 0.25) is 5.91 Å². The van der Waals surface area contributed by atoms with E-state index in [1.165, 1.54) is 11.3 Å². The second-order valence-corrected chi connectivity index (χ2v) is 6.30. The van der Waals surface area contributed by atoms with E-state index in [0.29, 0.717) is 17.2 Å². The summed E-state index contributed by atoms with van der Waals surface area (Å²) in [6.07, 6.45) is 0.789. The van der Waals surface area contributed by atoms with E-state index in [2.05, 4.69) is 10.6 Å². The van der Waals surface area contributed by atoms with Gasteiger partial charge in [-0.25, -0.2) is 4.79 Å². The van der Waals surface area contributed by atoms with Crippen LogP contribution in [0.5, 0.6) is 5.75 Å². The molecule has 0 spiro atoms. The fourth-order valence-electron chi connectivity index (χ4n) is 2.13. The fourth-order valence-corrected chi connectivity index (χ4v) is 3.13. The van der Waals surface area contributed by atoms with E-state index in [-0.39, 0.29) is 12.5 Å². The van der Waals surface area contributed by atoms with Crippen LogP contribution < -0.4 is 15.4 Å². The van der Waals surface area contributed by atoms with E-state index in [0.717, 1.165) is 22.7 Å². The summed E-state index contributed by atoms with van der Waals surface area (Å²) in [5, 5.41) is 6.35. The van der Waals surface area contributed by atoms with Gasteiger partial charge < -0.3 is 20.1 Å². The van der Waals surface area contributed by atoms with E-state index < -0.39 is 5.97 Å². The second kappa shape index (κ2) is 9.08. The fraction of sp³-hybridized carbons (Fsp3) is 0.333. The topological polar surface area (TPSA) is 76.7 Å². The highest BCUT2D eigenvalue weighted by Crippen LogP contribution is 2.29. The third-order valence-corrected chi connectivity index (χ3v) is 4.62. The molecule has 0 saturated carbocycles. The summed E-state index contributed by atoms with van der Waals surface area (Å²) in [4.78, 5) is 25.2. The smallest absolute Gasteiger partial charge is 0.341 e. The Morgan fingerprint density at radius 1 is 1.16 bits per heavy atom. The standard InChI is InChI=1S/C18H22N2O4S/c1-4-14-10-15(18(22)24-5-2)17(25-14)20-16(21)11-19-12-6-8-13(23-3)9-7-12/h6-10,19H,4-5,11H2,1-3H3,(H,20,21). The minimum Gasteiger partial charge on any atom is -0.497 e. The molecule has 0 aliphatic heterocycles. The Balaban J connectivity index is 1.99. The SMILES string of the molecule is CCOC(=O)c1cc(CC)sc1NC(=O)CNc1ccc(OC)cc1. The number of carbonyl (C=O) groups excluding carboxylic acids is 2. The first kappa shape index (κ1) is 18.8. The average molecular weight is 362 g/mol. The molecule has 134 valence electrons. The minimum atomic E-state index is -0.420. The first-order valence-corrected chi connectivity index (χ1v) is 8.86. The van der Waals surface area contributed by atoms with E-state index in [1.54, 1.807) is 20.1 Å². The van der Waals surface area contributed by atoms with E-state index >= 15 is 0 Å². The van der Waals surface area contributed by atoms with Gasteiger partial charge in [0, 0.05) is 10.6 Å². The van der Waals surface area contributed by atoms with Crippen molar-refractivity contribution in [2.45, 2.75) is 20.3 Å². The third kappa shape index (κ3) is 5.22. The molecule has 1 amide bonds. The number of methoxy groups -OCH3 is 1. The van der Waals surface area contributed by atoms with Crippen molar-refractivity contribution in [2.75, 3.05) is 30.9 Å². The number of carbonyl (C=O) groups is 2. The Labute approximate surface area is 151 Å². The number of ether oxygens (including phenoxy) is 2. The quantitative estimate of drug-likeness (QED) is 0.703. The number of nitrogens with one attached hydrogen (secondary N) is 2. The summed E-state index contributed by atoms with van der Waals surface area (Å²) < 4.78 is 10.1. The zero-order chi connectivity index (χ0) is 18.2. The zero-order valence-corrected chi connectivity index (χ0v) is 15.4. The maximum atomic E-state index is 12.2. The molecule has 0 radical (unpaired) electrons. The highest BCUT2D eigenvalue weighted by Gasteiger charge is 2.18. The molecule has 0 bridgehead atoms. The lowest BCUT2D eigenvalue weighted by Crippen LogP contribution is -2.22. The lowest BCUT2D eigenvalue weighted by Gasteiger charge is -2.08. The summed E-state index contributed by atoms with van der Waals surface area (Å²) in [6, 6.07) is 9.06. The number of rotatable bonds is 8. The summed E-state index contributed by atoms with van der Waals surface area (Å²) >= 11 is 1.39. The van der Waals surface area contributed by atoms with Crippen LogP contribution in [0.3, 0.4) is 0 Å². The molecule has 2 N–H and O–H groups in total. The molecule has 0 atom stereocenters. The van der Waals surface area contributed by atoms with Gasteiger partial charge in [-0.05, 0) is 43.7 Å². The molecule has 6 nitrogen and oxygen atoms in total. The number of amides is 1. The highest BCUT2D eigenvalue weighted by molar-refractivity contribution is 7.16. The van der Waals surface area contributed by atoms with Gasteiger partial charge in [-0.15, -0.1) is 11.3 Å². The van der Waals surface area contributed by atoms with Crippen molar-refractivity contribution in [3.8, 4) is 5.75 Å². The molecular weight excluding hydrogens is 340 g/mol. The predicted molar refractivity (Wildman–Crippen MR) is 99.8 cm³/mol. The molecule has 0 unspecified atom stereocenters. The van der Waals surface area contributed by atoms with Crippen molar-refractivity contribution in [3.63, 3.8) is 0 Å². The number of anilines is 2. The monoisotopic (exact) mass is 362 g/mol. The Morgan fingerprint density at radius 3 is 2.48 bits per heavy atom. The van der Waals surface area contributed by atoms with Gasteiger partial charge in [0.15, 0.2) is 0 Å². The molecular formula is C18H22N2O4S. The highest BCUT2D eigenvalue weighted by atomic mass is 32.1. The van der Waals surface area contributed by atoms with E-state index in [4.69, 9.17) is 9.47 Å². The third-order valence-electron chi connectivity index (χ3n) is 3.42. The summed E-state index contributed by atoms with van der Waals surface area (Å²) in [5.74, 6) is 0.0995. The van der Waals surface area contributed by atoms with Crippen molar-refractivity contribution in [3.05, 3.63) is 40.8 Å². The lowest BCUT2D eigenvalue weighted by molar-refractivity contribution is -0.114. The molecule has 1 aromatic heterocycles. The largest absolute Gasteiger partial charge is 0.497 e. The Morgan fingerprint density at radius 2 is 1.88 bits per heavy atom. The van der Waals surface area contributed by atoms with Crippen molar-refractivity contribution < 1.29 is 19.1 Å². The van der Waals surface area contributed by atoms with Gasteiger partial charge in [0.05, 0.1) is 25.8 Å². The number of hydrogen-bond donors (Lipinski definition) is 2. The first-order valence-electron chi connectivity index (χ1n) is 8.05. The van der Waals surface area contributed by atoms with Crippen molar-refractivity contribution in [2.24, 2.45) is 0 Å². The summed E-state index contributed by atoms with van der Waals surface area (Å²) in [7, 11) is 1.60. The van der Waals surface area contributed by atoms with Crippen LogP contribution in [0, 0.1) is 0 Å². The van der Waals surface area contributed by atoms with Crippen LogP contribution in [0.15, 0.2) is 30.3 Å². The molecule has 0 aliphatic carbocycles. The van der Waals surface area contributed by atoms with Crippen LogP contribution in [-0.2, 0) is 16.0 Å². The van der Waals surface area contributed by atoms with Crippen LogP contribution in [0.25, 0.3) is 0 Å². The van der Waals surface area contributed by atoms with Gasteiger partial charge in [0.25, 0.3) is 0 Å². The Bertz CT molecular complexity index is 725. The second-order valence-electron chi connectivity index (χ2n) is 5.16. The zero-order valence-electron chi connectivity index (χ0n) is 14.5. The minimum absolute atomic E-state index is 0.0912. The number of hydrogen-bond acceptors (Lipinski definition) is 6.